The fourth-order valence-electron chi connectivity index (χ4n) is 1.44. The summed E-state index contributed by atoms with van der Waals surface area (Å²) in [5.41, 5.74) is 1.05. The van der Waals surface area contributed by atoms with E-state index in [2.05, 4.69) is 17.2 Å². The Bertz CT molecular complexity index is 221. The van der Waals surface area contributed by atoms with Crippen molar-refractivity contribution in [3.63, 3.8) is 0 Å². The number of nitrogens with zero attached hydrogens (tertiary/aromatic N) is 1. The molecule has 1 N–H and O–H groups in total. The summed E-state index contributed by atoms with van der Waals surface area (Å²) >= 11 is 0. The largest absolute Gasteiger partial charge is 0.496 e. The van der Waals surface area contributed by atoms with Crippen LogP contribution in [0.15, 0.2) is 16.4 Å². The number of hydrogen-bond acceptors (Lipinski definition) is 3. The van der Waals surface area contributed by atoms with E-state index in [1.807, 2.05) is 20.2 Å². The first kappa shape index (κ1) is 10.3. The van der Waals surface area contributed by atoms with Gasteiger partial charge in [0.1, 0.15) is 5.76 Å². The Hall–Kier alpha value is -0.830. The van der Waals surface area contributed by atoms with Crippen molar-refractivity contribution in [1.82, 2.24) is 5.32 Å². The molecule has 0 bridgehead atoms. The molecule has 1 unspecified atom stereocenters. The van der Waals surface area contributed by atoms with Crippen molar-refractivity contribution in [2.75, 3.05) is 13.7 Å². The molecule has 0 aliphatic carbocycles. The fraction of sp³-hybridized carbons (Fsp3) is 0.700. The highest BCUT2D eigenvalue weighted by atomic mass is 16.5. The highest BCUT2D eigenvalue weighted by molar-refractivity contribution is 5.58. The third kappa shape index (κ3) is 2.56. The smallest absolute Gasteiger partial charge is 0.116 e. The van der Waals surface area contributed by atoms with Crippen LogP contribution in [-0.4, -0.2) is 25.9 Å². The van der Waals surface area contributed by atoms with Crippen LogP contribution in [0.25, 0.3) is 0 Å². The van der Waals surface area contributed by atoms with Crippen molar-refractivity contribution in [3.8, 4) is 0 Å². The monoisotopic (exact) mass is 182 g/mol. The predicted molar refractivity (Wildman–Crippen MR) is 54.9 cm³/mol. The van der Waals surface area contributed by atoms with Gasteiger partial charge in [-0.2, -0.15) is 0 Å². The molecule has 0 saturated heterocycles. The summed E-state index contributed by atoms with van der Waals surface area (Å²) in [6, 6.07) is 0.358. The van der Waals surface area contributed by atoms with Crippen LogP contribution in [0.4, 0.5) is 0 Å². The standard InChI is InChI=1S/C10H18N2O/c1-4-6-12-10-8(2)13-7-5-9(10)11-3/h6,9,11H,4-5,7H2,1-3H3. The van der Waals surface area contributed by atoms with Gasteiger partial charge in [-0.15, -0.1) is 0 Å². The summed E-state index contributed by atoms with van der Waals surface area (Å²) in [7, 11) is 1.96. The molecule has 0 aromatic carbocycles. The molecule has 0 amide bonds. The Labute approximate surface area is 79.9 Å². The molecular weight excluding hydrogens is 164 g/mol. The molecule has 3 nitrogen and oxygen atoms in total. The lowest BCUT2D eigenvalue weighted by Crippen LogP contribution is -2.32. The van der Waals surface area contributed by atoms with Gasteiger partial charge in [0.15, 0.2) is 0 Å². The van der Waals surface area contributed by atoms with Crippen LogP contribution in [0, 0.1) is 0 Å². The third-order valence-electron chi connectivity index (χ3n) is 2.18. The maximum atomic E-state index is 5.45. The van der Waals surface area contributed by atoms with E-state index in [1.165, 1.54) is 0 Å². The van der Waals surface area contributed by atoms with Crippen molar-refractivity contribution in [2.24, 2.45) is 4.99 Å². The van der Waals surface area contributed by atoms with Gasteiger partial charge in [0.05, 0.1) is 18.3 Å². The van der Waals surface area contributed by atoms with E-state index in [1.54, 1.807) is 0 Å². The summed E-state index contributed by atoms with van der Waals surface area (Å²) in [5, 5.41) is 3.24. The summed E-state index contributed by atoms with van der Waals surface area (Å²) in [5.74, 6) is 0.954. The zero-order chi connectivity index (χ0) is 9.68. The Kier molecular flexibility index (Phi) is 3.96. The van der Waals surface area contributed by atoms with E-state index in [-0.39, 0.29) is 0 Å². The van der Waals surface area contributed by atoms with Gasteiger partial charge < -0.3 is 10.1 Å². The first-order chi connectivity index (χ1) is 6.29. The second-order valence-electron chi connectivity index (χ2n) is 3.14. The molecule has 74 valence electrons. The maximum Gasteiger partial charge on any atom is 0.116 e. The highest BCUT2D eigenvalue weighted by Crippen LogP contribution is 2.19. The molecule has 0 aromatic rings. The molecule has 0 radical (unpaired) electrons. The van der Waals surface area contributed by atoms with Gasteiger partial charge in [-0.25, -0.2) is 0 Å². The summed E-state index contributed by atoms with van der Waals surface area (Å²) in [6.45, 7) is 4.85. The average Bonchev–Trinajstić information content (AvgIpc) is 2.15. The number of rotatable bonds is 3. The van der Waals surface area contributed by atoms with Crippen molar-refractivity contribution >= 4 is 6.21 Å². The Morgan fingerprint density at radius 2 is 2.46 bits per heavy atom. The van der Waals surface area contributed by atoms with Crippen LogP contribution in [0.5, 0.6) is 0 Å². The van der Waals surface area contributed by atoms with E-state index in [0.29, 0.717) is 6.04 Å². The van der Waals surface area contributed by atoms with E-state index in [9.17, 15) is 0 Å². The first-order valence-corrected chi connectivity index (χ1v) is 4.83. The summed E-state index contributed by atoms with van der Waals surface area (Å²) in [6.07, 6.45) is 3.90. The minimum atomic E-state index is 0.358. The molecule has 1 heterocycles. The Balaban J connectivity index is 2.77. The molecule has 1 atom stereocenters. The lowest BCUT2D eigenvalue weighted by Gasteiger charge is -2.24. The molecule has 1 rings (SSSR count). The topological polar surface area (TPSA) is 33.6 Å². The first-order valence-electron chi connectivity index (χ1n) is 4.83. The van der Waals surface area contributed by atoms with Crippen LogP contribution in [0.1, 0.15) is 26.7 Å². The second kappa shape index (κ2) is 5.02. The van der Waals surface area contributed by atoms with Crippen LogP contribution in [-0.2, 0) is 4.74 Å². The van der Waals surface area contributed by atoms with Gasteiger partial charge in [0.25, 0.3) is 0 Å². The van der Waals surface area contributed by atoms with Crippen molar-refractivity contribution < 1.29 is 4.74 Å². The van der Waals surface area contributed by atoms with Crippen molar-refractivity contribution in [3.05, 3.63) is 11.5 Å². The minimum Gasteiger partial charge on any atom is -0.496 e. The van der Waals surface area contributed by atoms with E-state index in [0.717, 1.165) is 30.9 Å². The quantitative estimate of drug-likeness (QED) is 0.674. The van der Waals surface area contributed by atoms with Crippen LogP contribution in [0.3, 0.4) is 0 Å². The zero-order valence-electron chi connectivity index (χ0n) is 8.63. The maximum absolute atomic E-state index is 5.45. The molecule has 0 fully saturated rings. The summed E-state index contributed by atoms with van der Waals surface area (Å²) in [4.78, 5) is 4.40. The van der Waals surface area contributed by atoms with Gasteiger partial charge in [-0.05, 0) is 20.4 Å². The fourth-order valence-corrected chi connectivity index (χ4v) is 1.44. The molecule has 0 aromatic heterocycles. The van der Waals surface area contributed by atoms with Gasteiger partial charge in [0, 0.05) is 12.6 Å². The number of aliphatic imine (C=N–C) groups is 1. The Morgan fingerprint density at radius 1 is 1.69 bits per heavy atom. The number of ether oxygens (including phenoxy) is 1. The number of hydrogen-bond donors (Lipinski definition) is 1. The minimum absolute atomic E-state index is 0.358. The molecule has 1 aliphatic rings. The van der Waals surface area contributed by atoms with E-state index >= 15 is 0 Å². The van der Waals surface area contributed by atoms with E-state index in [4.69, 9.17) is 4.74 Å². The second-order valence-corrected chi connectivity index (χ2v) is 3.14. The summed E-state index contributed by atoms with van der Waals surface area (Å²) < 4.78 is 5.45. The lowest BCUT2D eigenvalue weighted by atomic mass is 10.1. The van der Waals surface area contributed by atoms with Gasteiger partial charge in [-0.3, -0.25) is 4.99 Å². The lowest BCUT2D eigenvalue weighted by molar-refractivity contribution is 0.175. The van der Waals surface area contributed by atoms with Crippen LogP contribution < -0.4 is 5.32 Å². The van der Waals surface area contributed by atoms with Crippen LogP contribution in [0.2, 0.25) is 0 Å². The molecule has 0 saturated carbocycles. The third-order valence-corrected chi connectivity index (χ3v) is 2.18. The number of likely N-dealkylation sites (N-methyl/N-ethyl adjacent to an activating group) is 1. The molecule has 1 aliphatic heterocycles. The van der Waals surface area contributed by atoms with Crippen molar-refractivity contribution in [2.45, 2.75) is 32.7 Å². The van der Waals surface area contributed by atoms with Gasteiger partial charge in [0.2, 0.25) is 0 Å². The molecule has 13 heavy (non-hydrogen) atoms. The Morgan fingerprint density at radius 3 is 3.08 bits per heavy atom. The number of nitrogens with one attached hydrogen (secondary N) is 1. The normalized spacial score (nSPS) is 23.8. The predicted octanol–water partition coefficient (Wildman–Crippen LogP) is 1.71. The van der Waals surface area contributed by atoms with Gasteiger partial charge >= 0.3 is 0 Å². The average molecular weight is 182 g/mol. The number of allylic oxidation sites excluding steroid dienone is 1. The van der Waals surface area contributed by atoms with Crippen LogP contribution >= 0.6 is 0 Å². The van der Waals surface area contributed by atoms with E-state index < -0.39 is 0 Å². The molecule has 3 heteroatoms. The van der Waals surface area contributed by atoms with Gasteiger partial charge in [-0.1, -0.05) is 6.92 Å². The van der Waals surface area contributed by atoms with Crippen molar-refractivity contribution in [1.29, 1.82) is 0 Å². The molecular formula is C10H18N2O. The highest BCUT2D eigenvalue weighted by Gasteiger charge is 2.19. The molecule has 0 spiro atoms. The SMILES string of the molecule is CCC=NC1=C(C)OCCC1NC. The zero-order valence-corrected chi connectivity index (χ0v) is 8.63.